The minimum atomic E-state index is -0.618. The van der Waals surface area contributed by atoms with Crippen molar-refractivity contribution in [1.29, 1.82) is 0 Å². The molecule has 0 amide bonds. The highest BCUT2D eigenvalue weighted by Gasteiger charge is 2.32. The Hall–Kier alpha value is -0.610. The number of carboxylic acids is 1. The molecule has 0 radical (unpaired) electrons. The predicted molar refractivity (Wildman–Crippen MR) is 65.0 cm³/mol. The standard InChI is InChI=1S/C13H23NO3/c1-9-7-14(8-10(2)17-9)12-5-3-11(4-6-12)13(15)16/h9-12H,3-8H2,1-2H3,(H,15,16)/t9-,10+,11?,12?. The minimum Gasteiger partial charge on any atom is -0.481 e. The van der Waals surface area contributed by atoms with Crippen LogP contribution in [0.4, 0.5) is 0 Å². The lowest BCUT2D eigenvalue weighted by Crippen LogP contribution is -2.51. The first-order valence-corrected chi connectivity index (χ1v) is 6.68. The summed E-state index contributed by atoms with van der Waals surface area (Å²) in [5.74, 6) is -0.727. The van der Waals surface area contributed by atoms with Crippen molar-refractivity contribution < 1.29 is 14.6 Å². The third kappa shape index (κ3) is 3.19. The number of carbonyl (C=O) groups is 1. The second-order valence-electron chi connectivity index (χ2n) is 5.55. The van der Waals surface area contributed by atoms with Crippen LogP contribution in [0.25, 0.3) is 0 Å². The van der Waals surface area contributed by atoms with Crippen LogP contribution in [-0.4, -0.2) is 47.3 Å². The highest BCUT2D eigenvalue weighted by molar-refractivity contribution is 5.70. The third-order valence-corrected chi connectivity index (χ3v) is 4.01. The molecule has 1 saturated carbocycles. The van der Waals surface area contributed by atoms with Gasteiger partial charge in [0.15, 0.2) is 0 Å². The molecule has 0 spiro atoms. The van der Waals surface area contributed by atoms with Gasteiger partial charge in [-0.3, -0.25) is 9.69 Å². The fourth-order valence-corrected chi connectivity index (χ4v) is 3.20. The van der Waals surface area contributed by atoms with Gasteiger partial charge in [-0.2, -0.15) is 0 Å². The van der Waals surface area contributed by atoms with E-state index in [4.69, 9.17) is 9.84 Å². The van der Waals surface area contributed by atoms with Gasteiger partial charge in [0.05, 0.1) is 18.1 Å². The van der Waals surface area contributed by atoms with E-state index in [9.17, 15) is 4.79 Å². The molecule has 17 heavy (non-hydrogen) atoms. The van der Waals surface area contributed by atoms with Crippen molar-refractivity contribution in [3.05, 3.63) is 0 Å². The van der Waals surface area contributed by atoms with E-state index < -0.39 is 5.97 Å². The second-order valence-corrected chi connectivity index (χ2v) is 5.55. The molecule has 2 aliphatic rings. The molecular formula is C13H23NO3. The Labute approximate surface area is 103 Å². The van der Waals surface area contributed by atoms with Crippen LogP contribution in [0.2, 0.25) is 0 Å². The second kappa shape index (κ2) is 5.36. The Bertz CT molecular complexity index is 264. The third-order valence-electron chi connectivity index (χ3n) is 4.01. The highest BCUT2D eigenvalue weighted by Crippen LogP contribution is 2.29. The Balaban J connectivity index is 1.85. The maximum absolute atomic E-state index is 10.9. The lowest BCUT2D eigenvalue weighted by molar-refractivity contribution is -0.143. The molecule has 4 nitrogen and oxygen atoms in total. The number of hydrogen-bond donors (Lipinski definition) is 1. The summed E-state index contributed by atoms with van der Waals surface area (Å²) in [6.45, 7) is 6.22. The van der Waals surface area contributed by atoms with E-state index in [-0.39, 0.29) is 5.92 Å². The first kappa shape index (κ1) is 12.8. The van der Waals surface area contributed by atoms with Gasteiger partial charge in [-0.25, -0.2) is 0 Å². The van der Waals surface area contributed by atoms with E-state index in [1.807, 2.05) is 0 Å². The van der Waals surface area contributed by atoms with Crippen LogP contribution in [0.3, 0.4) is 0 Å². The first-order chi connectivity index (χ1) is 8.06. The van der Waals surface area contributed by atoms with E-state index in [1.165, 1.54) is 0 Å². The van der Waals surface area contributed by atoms with Crippen molar-refractivity contribution in [1.82, 2.24) is 4.90 Å². The number of ether oxygens (including phenoxy) is 1. The molecule has 0 aromatic heterocycles. The SMILES string of the molecule is C[C@@H]1CN(C2CCC(C(=O)O)CC2)C[C@H](C)O1. The van der Waals surface area contributed by atoms with Gasteiger partial charge in [0, 0.05) is 19.1 Å². The molecule has 2 atom stereocenters. The maximum atomic E-state index is 10.9. The number of carboxylic acid groups (broad SMARTS) is 1. The summed E-state index contributed by atoms with van der Waals surface area (Å²) in [5, 5.41) is 8.99. The van der Waals surface area contributed by atoms with Crippen molar-refractivity contribution >= 4 is 5.97 Å². The number of rotatable bonds is 2. The quantitative estimate of drug-likeness (QED) is 0.800. The molecule has 1 saturated heterocycles. The van der Waals surface area contributed by atoms with Crippen LogP contribution >= 0.6 is 0 Å². The molecule has 2 rings (SSSR count). The largest absolute Gasteiger partial charge is 0.481 e. The first-order valence-electron chi connectivity index (χ1n) is 6.68. The molecule has 1 heterocycles. The smallest absolute Gasteiger partial charge is 0.306 e. The predicted octanol–water partition coefficient (Wildman–Crippen LogP) is 1.74. The molecule has 0 unspecified atom stereocenters. The van der Waals surface area contributed by atoms with Crippen LogP contribution in [0.1, 0.15) is 39.5 Å². The van der Waals surface area contributed by atoms with Gasteiger partial charge in [-0.1, -0.05) is 0 Å². The zero-order valence-corrected chi connectivity index (χ0v) is 10.8. The Morgan fingerprint density at radius 2 is 1.65 bits per heavy atom. The fourth-order valence-electron chi connectivity index (χ4n) is 3.20. The zero-order chi connectivity index (χ0) is 12.4. The molecule has 2 fully saturated rings. The number of aliphatic carboxylic acids is 1. The van der Waals surface area contributed by atoms with E-state index in [2.05, 4.69) is 18.7 Å². The van der Waals surface area contributed by atoms with Crippen LogP contribution in [-0.2, 0) is 9.53 Å². The van der Waals surface area contributed by atoms with Crippen molar-refractivity contribution in [2.24, 2.45) is 5.92 Å². The summed E-state index contributed by atoms with van der Waals surface area (Å²) < 4.78 is 5.73. The Morgan fingerprint density at radius 1 is 1.12 bits per heavy atom. The fraction of sp³-hybridized carbons (Fsp3) is 0.923. The summed E-state index contributed by atoms with van der Waals surface area (Å²) in [5.41, 5.74) is 0. The van der Waals surface area contributed by atoms with Crippen LogP contribution in [0.15, 0.2) is 0 Å². The lowest BCUT2D eigenvalue weighted by Gasteiger charge is -2.42. The molecule has 1 N–H and O–H groups in total. The van der Waals surface area contributed by atoms with E-state index in [0.29, 0.717) is 18.2 Å². The highest BCUT2D eigenvalue weighted by atomic mass is 16.5. The van der Waals surface area contributed by atoms with Gasteiger partial charge >= 0.3 is 5.97 Å². The molecule has 0 aromatic rings. The normalized spacial score (nSPS) is 40.1. The van der Waals surface area contributed by atoms with E-state index in [1.54, 1.807) is 0 Å². The van der Waals surface area contributed by atoms with Gasteiger partial charge in [-0.15, -0.1) is 0 Å². The van der Waals surface area contributed by atoms with Gasteiger partial charge < -0.3 is 9.84 Å². The van der Waals surface area contributed by atoms with Crippen molar-refractivity contribution in [3.8, 4) is 0 Å². The summed E-state index contributed by atoms with van der Waals surface area (Å²) >= 11 is 0. The van der Waals surface area contributed by atoms with Crippen LogP contribution in [0.5, 0.6) is 0 Å². The minimum absolute atomic E-state index is 0.109. The average Bonchev–Trinajstić information content (AvgIpc) is 2.28. The molecule has 98 valence electrons. The van der Waals surface area contributed by atoms with E-state index >= 15 is 0 Å². The summed E-state index contributed by atoms with van der Waals surface area (Å²) in [4.78, 5) is 13.4. The van der Waals surface area contributed by atoms with Gasteiger partial charge in [0.1, 0.15) is 0 Å². The van der Waals surface area contributed by atoms with E-state index in [0.717, 1.165) is 38.8 Å². The summed E-state index contributed by atoms with van der Waals surface area (Å²) in [6.07, 6.45) is 4.32. The van der Waals surface area contributed by atoms with Crippen molar-refractivity contribution in [2.45, 2.75) is 57.8 Å². The average molecular weight is 241 g/mol. The van der Waals surface area contributed by atoms with Gasteiger partial charge in [0.2, 0.25) is 0 Å². The molecule has 0 bridgehead atoms. The maximum Gasteiger partial charge on any atom is 0.306 e. The molecule has 4 heteroatoms. The van der Waals surface area contributed by atoms with Crippen molar-refractivity contribution in [3.63, 3.8) is 0 Å². The van der Waals surface area contributed by atoms with Gasteiger partial charge in [-0.05, 0) is 39.5 Å². The lowest BCUT2D eigenvalue weighted by atomic mass is 9.85. The Morgan fingerprint density at radius 3 is 2.12 bits per heavy atom. The van der Waals surface area contributed by atoms with Crippen LogP contribution in [0, 0.1) is 5.92 Å². The molecule has 1 aliphatic heterocycles. The van der Waals surface area contributed by atoms with Gasteiger partial charge in [0.25, 0.3) is 0 Å². The molecular weight excluding hydrogens is 218 g/mol. The number of hydrogen-bond acceptors (Lipinski definition) is 3. The van der Waals surface area contributed by atoms with Crippen molar-refractivity contribution in [2.75, 3.05) is 13.1 Å². The summed E-state index contributed by atoms with van der Waals surface area (Å²) in [6, 6.07) is 0.569. The summed E-state index contributed by atoms with van der Waals surface area (Å²) in [7, 11) is 0. The zero-order valence-electron chi connectivity index (χ0n) is 10.8. The topological polar surface area (TPSA) is 49.8 Å². The Kier molecular flexibility index (Phi) is 4.05. The number of nitrogens with zero attached hydrogens (tertiary/aromatic N) is 1. The number of morpholine rings is 1. The monoisotopic (exact) mass is 241 g/mol. The van der Waals surface area contributed by atoms with Crippen LogP contribution < -0.4 is 0 Å². The molecule has 0 aromatic carbocycles. The molecule has 1 aliphatic carbocycles.